The van der Waals surface area contributed by atoms with Crippen molar-refractivity contribution in [2.24, 2.45) is 23.2 Å². The van der Waals surface area contributed by atoms with Crippen LogP contribution in [0, 0.1) is 23.2 Å². The third kappa shape index (κ3) is 2.24. The summed E-state index contributed by atoms with van der Waals surface area (Å²) in [5.74, 6) is 1.09. The summed E-state index contributed by atoms with van der Waals surface area (Å²) < 4.78 is 0. The van der Waals surface area contributed by atoms with Crippen molar-refractivity contribution in [3.05, 3.63) is 24.8 Å². The second kappa shape index (κ2) is 4.75. The molecule has 0 unspecified atom stereocenters. The zero-order valence-electron chi connectivity index (χ0n) is 11.2. The van der Waals surface area contributed by atoms with Crippen molar-refractivity contribution in [1.29, 1.82) is 0 Å². The van der Waals surface area contributed by atoms with Gasteiger partial charge in [-0.1, -0.05) is 39.0 Å². The first-order chi connectivity index (χ1) is 7.33. The minimum atomic E-state index is -0.269. The van der Waals surface area contributed by atoms with Crippen LogP contribution in [0.2, 0.25) is 0 Å². The summed E-state index contributed by atoms with van der Waals surface area (Å²) in [7, 11) is 0. The fourth-order valence-electron chi connectivity index (χ4n) is 3.25. The van der Waals surface area contributed by atoms with Gasteiger partial charge in [0.1, 0.15) is 0 Å². The molecular weight excluding hydrogens is 196 g/mol. The Morgan fingerprint density at radius 1 is 1.50 bits per heavy atom. The van der Waals surface area contributed by atoms with E-state index < -0.39 is 0 Å². The molecule has 1 aliphatic carbocycles. The fourth-order valence-corrected chi connectivity index (χ4v) is 3.25. The maximum Gasteiger partial charge on any atom is 0.0644 e. The normalized spacial score (nSPS) is 39.8. The summed E-state index contributed by atoms with van der Waals surface area (Å²) in [6.07, 6.45) is 3.93. The van der Waals surface area contributed by atoms with E-state index in [9.17, 15) is 5.11 Å². The second-order valence-electron chi connectivity index (χ2n) is 5.97. The van der Waals surface area contributed by atoms with E-state index in [-0.39, 0.29) is 17.4 Å². The highest BCUT2D eigenvalue weighted by molar-refractivity contribution is 5.15. The van der Waals surface area contributed by atoms with Crippen molar-refractivity contribution in [3.63, 3.8) is 0 Å². The van der Waals surface area contributed by atoms with Crippen LogP contribution < -0.4 is 0 Å². The topological polar surface area (TPSA) is 20.2 Å². The molecular formula is C15H26O. The number of aliphatic hydroxyl groups is 1. The summed E-state index contributed by atoms with van der Waals surface area (Å²) >= 11 is 0. The second-order valence-corrected chi connectivity index (χ2v) is 5.97. The van der Waals surface area contributed by atoms with Crippen LogP contribution in [0.3, 0.4) is 0 Å². The molecule has 0 amide bonds. The molecule has 1 rings (SSSR count). The van der Waals surface area contributed by atoms with Gasteiger partial charge in [-0.15, -0.1) is 6.58 Å². The average Bonchev–Trinajstić information content (AvgIpc) is 2.16. The monoisotopic (exact) mass is 222 g/mol. The third-order valence-corrected chi connectivity index (χ3v) is 4.36. The molecule has 1 fully saturated rings. The molecule has 1 N–H and O–H groups in total. The van der Waals surface area contributed by atoms with Crippen molar-refractivity contribution in [2.75, 3.05) is 0 Å². The van der Waals surface area contributed by atoms with E-state index in [1.54, 1.807) is 0 Å². The van der Waals surface area contributed by atoms with Gasteiger partial charge in [0, 0.05) is 5.92 Å². The number of hydrogen-bond acceptors (Lipinski definition) is 1. The quantitative estimate of drug-likeness (QED) is 0.720. The van der Waals surface area contributed by atoms with Crippen LogP contribution in [-0.4, -0.2) is 11.2 Å². The molecule has 0 spiro atoms. The van der Waals surface area contributed by atoms with E-state index in [0.717, 1.165) is 18.4 Å². The van der Waals surface area contributed by atoms with Crippen LogP contribution >= 0.6 is 0 Å². The Kier molecular flexibility index (Phi) is 4.01. The molecule has 1 heteroatoms. The van der Waals surface area contributed by atoms with E-state index in [0.29, 0.717) is 11.8 Å². The molecule has 0 aromatic heterocycles. The largest absolute Gasteiger partial charge is 0.392 e. The summed E-state index contributed by atoms with van der Waals surface area (Å²) in [6.45, 7) is 16.6. The molecule has 16 heavy (non-hydrogen) atoms. The Balaban J connectivity index is 3.01. The molecule has 1 nitrogen and oxygen atoms in total. The van der Waals surface area contributed by atoms with Crippen molar-refractivity contribution in [3.8, 4) is 0 Å². The maximum atomic E-state index is 10.5. The highest BCUT2D eigenvalue weighted by Crippen LogP contribution is 2.48. The summed E-state index contributed by atoms with van der Waals surface area (Å²) in [5.41, 5.74) is 1.09. The van der Waals surface area contributed by atoms with Crippen molar-refractivity contribution in [2.45, 2.75) is 46.6 Å². The van der Waals surface area contributed by atoms with Gasteiger partial charge in [-0.05, 0) is 37.0 Å². The van der Waals surface area contributed by atoms with Gasteiger partial charge in [-0.25, -0.2) is 0 Å². The van der Waals surface area contributed by atoms with Gasteiger partial charge in [0.25, 0.3) is 0 Å². The molecule has 0 aromatic rings. The fraction of sp³-hybridized carbons (Fsp3) is 0.733. The summed E-state index contributed by atoms with van der Waals surface area (Å²) in [6, 6.07) is 0. The Hall–Kier alpha value is -0.560. The van der Waals surface area contributed by atoms with Gasteiger partial charge >= 0.3 is 0 Å². The van der Waals surface area contributed by atoms with Crippen LogP contribution in [0.1, 0.15) is 40.5 Å². The molecule has 1 saturated carbocycles. The smallest absolute Gasteiger partial charge is 0.0644 e. The molecule has 0 bridgehead atoms. The zero-order chi connectivity index (χ0) is 12.5. The van der Waals surface area contributed by atoms with Gasteiger partial charge in [0.15, 0.2) is 0 Å². The number of hydrogen-bond donors (Lipinski definition) is 1. The van der Waals surface area contributed by atoms with E-state index in [2.05, 4.69) is 33.9 Å². The van der Waals surface area contributed by atoms with Gasteiger partial charge in [0.05, 0.1) is 6.10 Å². The summed E-state index contributed by atoms with van der Waals surface area (Å²) in [4.78, 5) is 0. The zero-order valence-corrected chi connectivity index (χ0v) is 11.2. The van der Waals surface area contributed by atoms with Crippen LogP contribution in [0.15, 0.2) is 24.8 Å². The van der Waals surface area contributed by atoms with E-state index in [1.165, 1.54) is 0 Å². The number of allylic oxidation sites excluding steroid dienone is 1. The van der Waals surface area contributed by atoms with Gasteiger partial charge in [-0.2, -0.15) is 0 Å². The molecule has 0 saturated heterocycles. The predicted molar refractivity (Wildman–Crippen MR) is 70.2 cm³/mol. The first-order valence-corrected chi connectivity index (χ1v) is 6.30. The van der Waals surface area contributed by atoms with Gasteiger partial charge < -0.3 is 5.11 Å². The van der Waals surface area contributed by atoms with E-state index in [4.69, 9.17) is 0 Å². The van der Waals surface area contributed by atoms with Crippen LogP contribution in [0.25, 0.3) is 0 Å². The maximum absolute atomic E-state index is 10.5. The van der Waals surface area contributed by atoms with E-state index in [1.807, 2.05) is 13.0 Å². The lowest BCUT2D eigenvalue weighted by Crippen LogP contribution is -2.46. The SMILES string of the molecule is C=C[C@@]1(C)CC[C@@H](C(C)C)[C@@H](O)[C@@H]1C(=C)C. The van der Waals surface area contributed by atoms with Crippen molar-refractivity contribution in [1.82, 2.24) is 0 Å². The first-order valence-electron chi connectivity index (χ1n) is 6.30. The predicted octanol–water partition coefficient (Wildman–Crippen LogP) is 3.80. The average molecular weight is 222 g/mol. The number of rotatable bonds is 3. The Morgan fingerprint density at radius 2 is 2.06 bits per heavy atom. The molecule has 92 valence electrons. The summed E-state index contributed by atoms with van der Waals surface area (Å²) in [5, 5.41) is 10.5. The van der Waals surface area contributed by atoms with Gasteiger partial charge in [-0.3, -0.25) is 0 Å². The van der Waals surface area contributed by atoms with E-state index >= 15 is 0 Å². The molecule has 0 radical (unpaired) electrons. The standard InChI is InChI=1S/C15H26O/c1-7-15(6)9-8-12(10(2)3)14(16)13(15)11(4)5/h7,10,12-14,16H,1,4,8-9H2,2-3,5-6H3/t12-,13-,14+,15-/m0/s1. The van der Waals surface area contributed by atoms with Crippen molar-refractivity contribution < 1.29 is 5.11 Å². The molecule has 0 aromatic carbocycles. The highest BCUT2D eigenvalue weighted by atomic mass is 16.3. The Morgan fingerprint density at radius 3 is 2.44 bits per heavy atom. The third-order valence-electron chi connectivity index (χ3n) is 4.36. The lowest BCUT2D eigenvalue weighted by molar-refractivity contribution is -0.0362. The lowest BCUT2D eigenvalue weighted by Gasteiger charge is -2.48. The number of aliphatic hydroxyl groups excluding tert-OH is 1. The van der Waals surface area contributed by atoms with Crippen LogP contribution in [0.4, 0.5) is 0 Å². The minimum absolute atomic E-state index is 0.0106. The van der Waals surface area contributed by atoms with Gasteiger partial charge in [0.2, 0.25) is 0 Å². The minimum Gasteiger partial charge on any atom is -0.392 e. The molecule has 1 aliphatic rings. The van der Waals surface area contributed by atoms with Crippen molar-refractivity contribution >= 4 is 0 Å². The molecule has 0 aliphatic heterocycles. The van der Waals surface area contributed by atoms with Crippen LogP contribution in [0.5, 0.6) is 0 Å². The van der Waals surface area contributed by atoms with Crippen LogP contribution in [-0.2, 0) is 0 Å². The highest BCUT2D eigenvalue weighted by Gasteiger charge is 2.45. The lowest BCUT2D eigenvalue weighted by atomic mass is 9.59. The molecule has 0 heterocycles. The molecule has 4 atom stereocenters. The Bertz CT molecular complexity index is 279. The first kappa shape index (κ1) is 13.5. The Labute approximate surface area is 100 Å².